The highest BCUT2D eigenvalue weighted by Gasteiger charge is 2.18. The van der Waals surface area contributed by atoms with E-state index in [0.717, 1.165) is 12.1 Å². The van der Waals surface area contributed by atoms with Gasteiger partial charge in [-0.05, 0) is 44.8 Å². The maximum atomic E-state index is 11.9. The molecule has 0 saturated carbocycles. The summed E-state index contributed by atoms with van der Waals surface area (Å²) in [4.78, 5) is 13.8. The summed E-state index contributed by atoms with van der Waals surface area (Å²) >= 11 is 5.77. The molecule has 1 aromatic rings. The molecule has 0 aliphatic rings. The molecule has 16 heavy (non-hydrogen) atoms. The standard InChI is InChI=1S/C12H17ClN2O/c1-4-11(15(2)3)12(16)14-10-7-5-9(13)6-8-10/h5-8,11H,4H2,1-3H3,(H,14,16)/t11-/m1/s1. The van der Waals surface area contributed by atoms with Crippen molar-refractivity contribution in [1.29, 1.82) is 0 Å². The second-order valence-electron chi connectivity index (χ2n) is 3.88. The number of likely N-dealkylation sites (N-methyl/N-ethyl adjacent to an activating group) is 1. The number of nitrogens with one attached hydrogen (secondary N) is 1. The van der Waals surface area contributed by atoms with Crippen LogP contribution in [0.2, 0.25) is 5.02 Å². The topological polar surface area (TPSA) is 32.3 Å². The fourth-order valence-corrected chi connectivity index (χ4v) is 1.67. The van der Waals surface area contributed by atoms with Crippen LogP contribution in [0, 0.1) is 0 Å². The molecule has 0 fully saturated rings. The molecule has 0 radical (unpaired) electrons. The zero-order chi connectivity index (χ0) is 12.1. The normalized spacial score (nSPS) is 12.6. The van der Waals surface area contributed by atoms with Crippen molar-refractivity contribution in [2.45, 2.75) is 19.4 Å². The van der Waals surface area contributed by atoms with Crippen molar-refractivity contribution in [1.82, 2.24) is 4.90 Å². The second kappa shape index (κ2) is 5.87. The number of rotatable bonds is 4. The van der Waals surface area contributed by atoms with Crippen LogP contribution in [0.5, 0.6) is 0 Å². The van der Waals surface area contributed by atoms with Gasteiger partial charge < -0.3 is 5.32 Å². The van der Waals surface area contributed by atoms with Gasteiger partial charge in [-0.15, -0.1) is 0 Å². The number of nitrogens with zero attached hydrogens (tertiary/aromatic N) is 1. The van der Waals surface area contributed by atoms with Crippen LogP contribution in [0.3, 0.4) is 0 Å². The summed E-state index contributed by atoms with van der Waals surface area (Å²) in [5.74, 6) is 0.00909. The van der Waals surface area contributed by atoms with E-state index in [9.17, 15) is 4.79 Å². The first kappa shape index (κ1) is 13.0. The molecular formula is C12H17ClN2O. The van der Waals surface area contributed by atoms with Crippen LogP contribution in [-0.4, -0.2) is 30.9 Å². The third-order valence-corrected chi connectivity index (χ3v) is 2.68. The highest BCUT2D eigenvalue weighted by atomic mass is 35.5. The van der Waals surface area contributed by atoms with Crippen molar-refractivity contribution >= 4 is 23.2 Å². The van der Waals surface area contributed by atoms with Crippen LogP contribution in [0.15, 0.2) is 24.3 Å². The first-order chi connectivity index (χ1) is 7.54. The van der Waals surface area contributed by atoms with Crippen LogP contribution in [0.25, 0.3) is 0 Å². The minimum Gasteiger partial charge on any atom is -0.325 e. The summed E-state index contributed by atoms with van der Waals surface area (Å²) in [6, 6.07) is 7.00. The Balaban J connectivity index is 2.66. The highest BCUT2D eigenvalue weighted by molar-refractivity contribution is 6.30. The lowest BCUT2D eigenvalue weighted by Gasteiger charge is -2.21. The van der Waals surface area contributed by atoms with Gasteiger partial charge in [0.05, 0.1) is 6.04 Å². The zero-order valence-corrected chi connectivity index (χ0v) is 10.6. The molecule has 1 amide bonds. The lowest BCUT2D eigenvalue weighted by Crippen LogP contribution is -2.39. The van der Waals surface area contributed by atoms with Crippen LogP contribution < -0.4 is 5.32 Å². The Labute approximate surface area is 101 Å². The molecule has 88 valence electrons. The van der Waals surface area contributed by atoms with Crippen molar-refractivity contribution < 1.29 is 4.79 Å². The molecule has 1 aromatic carbocycles. The highest BCUT2D eigenvalue weighted by Crippen LogP contribution is 2.14. The molecular weight excluding hydrogens is 224 g/mol. The minimum atomic E-state index is -0.101. The van der Waals surface area contributed by atoms with Crippen molar-refractivity contribution in [2.24, 2.45) is 0 Å². The summed E-state index contributed by atoms with van der Waals surface area (Å²) in [7, 11) is 3.80. The van der Waals surface area contributed by atoms with Crippen LogP contribution >= 0.6 is 11.6 Å². The van der Waals surface area contributed by atoms with Gasteiger partial charge in [-0.1, -0.05) is 18.5 Å². The molecule has 3 nitrogen and oxygen atoms in total. The van der Waals surface area contributed by atoms with Crippen LogP contribution in [-0.2, 0) is 4.79 Å². The lowest BCUT2D eigenvalue weighted by molar-refractivity contribution is -0.120. The third kappa shape index (κ3) is 3.51. The number of hydrogen-bond acceptors (Lipinski definition) is 2. The Hall–Kier alpha value is -1.06. The third-order valence-electron chi connectivity index (χ3n) is 2.42. The van der Waals surface area contributed by atoms with Crippen molar-refractivity contribution in [3.63, 3.8) is 0 Å². The number of anilines is 1. The summed E-state index contributed by atoms with van der Waals surface area (Å²) in [5, 5.41) is 3.53. The smallest absolute Gasteiger partial charge is 0.241 e. The average Bonchev–Trinajstić information content (AvgIpc) is 2.22. The van der Waals surface area contributed by atoms with Crippen LogP contribution in [0.4, 0.5) is 5.69 Å². The van der Waals surface area contributed by atoms with Gasteiger partial charge in [0.15, 0.2) is 0 Å². The number of halogens is 1. The molecule has 0 aliphatic heterocycles. The van der Waals surface area contributed by atoms with Gasteiger partial charge in [-0.25, -0.2) is 0 Å². The van der Waals surface area contributed by atoms with Gasteiger partial charge >= 0.3 is 0 Å². The number of carbonyl (C=O) groups excluding carboxylic acids is 1. The fourth-order valence-electron chi connectivity index (χ4n) is 1.54. The Bertz CT molecular complexity index is 349. The molecule has 0 aliphatic carbocycles. The van der Waals surface area contributed by atoms with Crippen molar-refractivity contribution in [2.75, 3.05) is 19.4 Å². The molecule has 0 unspecified atom stereocenters. The first-order valence-electron chi connectivity index (χ1n) is 5.27. The molecule has 0 saturated heterocycles. The van der Waals surface area contributed by atoms with E-state index in [0.29, 0.717) is 5.02 Å². The SMILES string of the molecule is CC[C@H](C(=O)Nc1ccc(Cl)cc1)N(C)C. The summed E-state index contributed by atoms with van der Waals surface area (Å²) in [5.41, 5.74) is 0.773. The Kier molecular flexibility index (Phi) is 4.77. The maximum absolute atomic E-state index is 11.9. The molecule has 4 heteroatoms. The van der Waals surface area contributed by atoms with Crippen molar-refractivity contribution in [3.05, 3.63) is 29.3 Å². The predicted octanol–water partition coefficient (Wildman–Crippen LogP) is 2.62. The first-order valence-corrected chi connectivity index (χ1v) is 5.65. The van der Waals surface area contributed by atoms with E-state index in [4.69, 9.17) is 11.6 Å². The van der Waals surface area contributed by atoms with Gasteiger partial charge in [0, 0.05) is 10.7 Å². The summed E-state index contributed by atoms with van der Waals surface area (Å²) in [6.07, 6.45) is 0.784. The van der Waals surface area contributed by atoms with E-state index >= 15 is 0 Å². The van der Waals surface area contributed by atoms with E-state index in [1.807, 2.05) is 25.9 Å². The second-order valence-corrected chi connectivity index (χ2v) is 4.32. The van der Waals surface area contributed by atoms with Crippen LogP contribution in [0.1, 0.15) is 13.3 Å². The fraction of sp³-hybridized carbons (Fsp3) is 0.417. The summed E-state index contributed by atoms with van der Waals surface area (Å²) in [6.45, 7) is 1.99. The van der Waals surface area contributed by atoms with Gasteiger partial charge in [-0.2, -0.15) is 0 Å². The number of amides is 1. The molecule has 1 atom stereocenters. The Morgan fingerprint density at radius 3 is 2.38 bits per heavy atom. The van der Waals surface area contributed by atoms with Gasteiger partial charge in [0.2, 0.25) is 5.91 Å². The van der Waals surface area contributed by atoms with Gasteiger partial charge in [0.1, 0.15) is 0 Å². The van der Waals surface area contributed by atoms with E-state index in [1.54, 1.807) is 24.3 Å². The minimum absolute atomic E-state index is 0.00909. The van der Waals surface area contributed by atoms with E-state index in [-0.39, 0.29) is 11.9 Å². The number of hydrogen-bond donors (Lipinski definition) is 1. The molecule has 0 aromatic heterocycles. The van der Waals surface area contributed by atoms with Gasteiger partial charge in [-0.3, -0.25) is 9.69 Å². The lowest BCUT2D eigenvalue weighted by atomic mass is 10.2. The number of benzene rings is 1. The maximum Gasteiger partial charge on any atom is 0.241 e. The molecule has 1 rings (SSSR count). The number of carbonyl (C=O) groups is 1. The molecule has 0 bridgehead atoms. The largest absolute Gasteiger partial charge is 0.325 e. The monoisotopic (exact) mass is 240 g/mol. The van der Waals surface area contributed by atoms with E-state index < -0.39 is 0 Å². The van der Waals surface area contributed by atoms with Crippen molar-refractivity contribution in [3.8, 4) is 0 Å². The van der Waals surface area contributed by atoms with E-state index in [1.165, 1.54) is 0 Å². The van der Waals surface area contributed by atoms with Gasteiger partial charge in [0.25, 0.3) is 0 Å². The molecule has 1 N–H and O–H groups in total. The molecule has 0 heterocycles. The Morgan fingerprint density at radius 2 is 1.94 bits per heavy atom. The summed E-state index contributed by atoms with van der Waals surface area (Å²) < 4.78 is 0. The molecule has 0 spiro atoms. The Morgan fingerprint density at radius 1 is 1.38 bits per heavy atom. The zero-order valence-electron chi connectivity index (χ0n) is 9.83. The quantitative estimate of drug-likeness (QED) is 0.878. The predicted molar refractivity (Wildman–Crippen MR) is 67.8 cm³/mol. The average molecular weight is 241 g/mol. The van der Waals surface area contributed by atoms with E-state index in [2.05, 4.69) is 5.32 Å².